The van der Waals surface area contributed by atoms with E-state index >= 15 is 0 Å². The average molecular weight is 389 g/mol. The molecule has 4 rings (SSSR count). The fourth-order valence-electron chi connectivity index (χ4n) is 4.18. The van der Waals surface area contributed by atoms with Crippen LogP contribution in [0, 0.1) is 18.8 Å². The standard InChI is InChI=1S/C20H23NO5S/c1-11-3-2-4-12(7-11)25-9-14-13-5-6-17(26-18(13)8-16(14)22)19-21-15(10-27-19)20(23)24/h2-4,7,10,13-14,16-18,22H,5-6,8-9H2,1H3,(H,23,24)/t13-,14-,16-,17-,18+/m1/s1. The zero-order chi connectivity index (χ0) is 19.0. The largest absolute Gasteiger partial charge is 0.493 e. The van der Waals surface area contributed by atoms with Crippen molar-refractivity contribution in [3.63, 3.8) is 0 Å². The Hall–Kier alpha value is -1.96. The summed E-state index contributed by atoms with van der Waals surface area (Å²) in [4.78, 5) is 15.2. The molecule has 2 fully saturated rings. The van der Waals surface area contributed by atoms with Gasteiger partial charge in [0.2, 0.25) is 0 Å². The van der Waals surface area contributed by atoms with E-state index in [1.165, 1.54) is 11.3 Å². The third kappa shape index (κ3) is 3.85. The number of carboxylic acids is 1. The molecule has 7 heteroatoms. The van der Waals surface area contributed by atoms with Gasteiger partial charge in [0.1, 0.15) is 16.9 Å². The van der Waals surface area contributed by atoms with Crippen molar-refractivity contribution < 1.29 is 24.5 Å². The Morgan fingerprint density at radius 1 is 1.41 bits per heavy atom. The number of fused-ring (bicyclic) bond motifs is 1. The first-order valence-corrected chi connectivity index (χ1v) is 10.1. The van der Waals surface area contributed by atoms with E-state index in [0.29, 0.717) is 18.0 Å². The van der Waals surface area contributed by atoms with E-state index in [1.54, 1.807) is 5.38 Å². The van der Waals surface area contributed by atoms with Crippen molar-refractivity contribution in [2.45, 2.75) is 44.5 Å². The number of hydrogen-bond acceptors (Lipinski definition) is 6. The molecule has 0 bridgehead atoms. The normalized spacial score (nSPS) is 30.1. The van der Waals surface area contributed by atoms with Crippen molar-refractivity contribution in [3.8, 4) is 5.75 Å². The Morgan fingerprint density at radius 3 is 3.00 bits per heavy atom. The minimum Gasteiger partial charge on any atom is -0.493 e. The van der Waals surface area contributed by atoms with E-state index in [0.717, 1.165) is 24.2 Å². The summed E-state index contributed by atoms with van der Waals surface area (Å²) in [6.45, 7) is 2.50. The number of aromatic nitrogens is 1. The van der Waals surface area contributed by atoms with Crippen LogP contribution in [0.15, 0.2) is 29.6 Å². The second kappa shape index (κ2) is 7.58. The number of thiazole rings is 1. The van der Waals surface area contributed by atoms with E-state index < -0.39 is 12.1 Å². The van der Waals surface area contributed by atoms with Crippen LogP contribution >= 0.6 is 11.3 Å². The molecule has 1 saturated carbocycles. The molecule has 1 aromatic carbocycles. The van der Waals surface area contributed by atoms with Crippen molar-refractivity contribution in [3.05, 3.63) is 45.9 Å². The average Bonchev–Trinajstić information content (AvgIpc) is 3.24. The molecule has 0 radical (unpaired) electrons. The van der Waals surface area contributed by atoms with Gasteiger partial charge in [0.05, 0.1) is 18.8 Å². The predicted octanol–water partition coefficient (Wildman–Crippen LogP) is 3.45. The lowest BCUT2D eigenvalue weighted by molar-refractivity contribution is -0.0811. The van der Waals surface area contributed by atoms with E-state index in [9.17, 15) is 9.90 Å². The topological polar surface area (TPSA) is 88.9 Å². The number of nitrogens with zero attached hydrogens (tertiary/aromatic N) is 1. The zero-order valence-corrected chi connectivity index (χ0v) is 15.9. The highest BCUT2D eigenvalue weighted by atomic mass is 32.1. The fraction of sp³-hybridized carbons (Fsp3) is 0.500. The van der Waals surface area contributed by atoms with Crippen LogP contribution in [0.1, 0.15) is 46.4 Å². The molecule has 2 N–H and O–H groups in total. The van der Waals surface area contributed by atoms with Gasteiger partial charge in [-0.1, -0.05) is 12.1 Å². The van der Waals surface area contributed by atoms with Crippen LogP contribution in [0.3, 0.4) is 0 Å². The number of ether oxygens (including phenoxy) is 2. The van der Waals surface area contributed by atoms with Crippen LogP contribution in [-0.4, -0.2) is 40.0 Å². The number of hydrogen-bond donors (Lipinski definition) is 2. The second-order valence-corrected chi connectivity index (χ2v) is 8.26. The summed E-state index contributed by atoms with van der Waals surface area (Å²) >= 11 is 1.32. The number of carbonyl (C=O) groups is 1. The van der Waals surface area contributed by atoms with E-state index in [4.69, 9.17) is 14.6 Å². The first kappa shape index (κ1) is 18.4. The summed E-state index contributed by atoms with van der Waals surface area (Å²) in [5.41, 5.74) is 1.21. The molecule has 6 nitrogen and oxygen atoms in total. The predicted molar refractivity (Wildman–Crippen MR) is 100 cm³/mol. The van der Waals surface area contributed by atoms with Gasteiger partial charge in [-0.3, -0.25) is 0 Å². The number of aliphatic hydroxyl groups is 1. The monoisotopic (exact) mass is 389 g/mol. The number of rotatable bonds is 5. The van der Waals surface area contributed by atoms with Crippen LogP contribution in [0.5, 0.6) is 5.75 Å². The molecule has 2 heterocycles. The lowest BCUT2D eigenvalue weighted by atomic mass is 9.87. The molecule has 0 spiro atoms. The minimum atomic E-state index is -1.02. The van der Waals surface area contributed by atoms with Gasteiger partial charge in [0.15, 0.2) is 5.69 Å². The lowest BCUT2D eigenvalue weighted by Crippen LogP contribution is -2.33. The number of aromatic carboxylic acids is 1. The minimum absolute atomic E-state index is 0.0398. The molecule has 1 aliphatic carbocycles. The third-order valence-corrected chi connectivity index (χ3v) is 6.48. The Morgan fingerprint density at radius 2 is 2.26 bits per heavy atom. The highest BCUT2D eigenvalue weighted by molar-refractivity contribution is 7.09. The van der Waals surface area contributed by atoms with Crippen molar-refractivity contribution in [2.24, 2.45) is 11.8 Å². The molecule has 144 valence electrons. The zero-order valence-electron chi connectivity index (χ0n) is 15.1. The smallest absolute Gasteiger partial charge is 0.355 e. The molecule has 5 atom stereocenters. The van der Waals surface area contributed by atoms with Crippen LogP contribution < -0.4 is 4.74 Å². The molecular weight excluding hydrogens is 366 g/mol. The van der Waals surface area contributed by atoms with E-state index in [-0.39, 0.29) is 29.7 Å². The summed E-state index contributed by atoms with van der Waals surface area (Å²) in [7, 11) is 0. The van der Waals surface area contributed by atoms with Gasteiger partial charge in [-0.15, -0.1) is 11.3 Å². The summed E-state index contributed by atoms with van der Waals surface area (Å²) < 4.78 is 12.1. The van der Waals surface area contributed by atoms with Crippen molar-refractivity contribution in [1.29, 1.82) is 0 Å². The van der Waals surface area contributed by atoms with Gasteiger partial charge >= 0.3 is 5.97 Å². The summed E-state index contributed by atoms with van der Waals surface area (Å²) in [6.07, 6.45) is 1.60. The van der Waals surface area contributed by atoms with Crippen molar-refractivity contribution >= 4 is 17.3 Å². The van der Waals surface area contributed by atoms with Gasteiger partial charge in [-0.2, -0.15) is 0 Å². The number of aliphatic hydroxyl groups excluding tert-OH is 1. The highest BCUT2D eigenvalue weighted by Crippen LogP contribution is 2.46. The van der Waals surface area contributed by atoms with Crippen LogP contribution in [0.2, 0.25) is 0 Å². The quantitative estimate of drug-likeness (QED) is 0.814. The maximum Gasteiger partial charge on any atom is 0.355 e. The lowest BCUT2D eigenvalue weighted by Gasteiger charge is -2.33. The molecule has 1 saturated heterocycles. The van der Waals surface area contributed by atoms with E-state index in [1.807, 2.05) is 31.2 Å². The molecule has 0 unspecified atom stereocenters. The SMILES string of the molecule is Cc1cccc(OC[C@@H]2[C@H]3CC[C@H](c4nc(C(=O)O)cs4)O[C@H]3C[C@H]2O)c1. The third-order valence-electron chi connectivity index (χ3n) is 5.55. The Labute approximate surface area is 161 Å². The number of aryl methyl sites for hydroxylation is 1. The van der Waals surface area contributed by atoms with Crippen molar-refractivity contribution in [2.75, 3.05) is 6.61 Å². The molecule has 27 heavy (non-hydrogen) atoms. The summed E-state index contributed by atoms with van der Waals surface area (Å²) in [5.74, 6) is 0.0994. The van der Waals surface area contributed by atoms with Gasteiger partial charge < -0.3 is 19.7 Å². The van der Waals surface area contributed by atoms with Crippen LogP contribution in [0.25, 0.3) is 0 Å². The molecular formula is C20H23NO5S. The highest BCUT2D eigenvalue weighted by Gasteiger charge is 2.47. The van der Waals surface area contributed by atoms with Crippen LogP contribution in [0.4, 0.5) is 0 Å². The van der Waals surface area contributed by atoms with Crippen molar-refractivity contribution in [1.82, 2.24) is 4.98 Å². The molecule has 0 amide bonds. The molecule has 2 aliphatic rings. The molecule has 1 aliphatic heterocycles. The van der Waals surface area contributed by atoms with Gasteiger partial charge in [0, 0.05) is 17.7 Å². The maximum atomic E-state index is 11.0. The van der Waals surface area contributed by atoms with Gasteiger partial charge in [-0.05, 0) is 43.4 Å². The maximum absolute atomic E-state index is 11.0. The first-order chi connectivity index (χ1) is 13.0. The fourth-order valence-corrected chi connectivity index (χ4v) is 5.04. The second-order valence-electron chi connectivity index (χ2n) is 7.37. The summed E-state index contributed by atoms with van der Waals surface area (Å²) in [6, 6.07) is 7.92. The Bertz CT molecular complexity index is 822. The Kier molecular flexibility index (Phi) is 5.16. The van der Waals surface area contributed by atoms with Gasteiger partial charge in [0.25, 0.3) is 0 Å². The number of carboxylic acid groups (broad SMARTS) is 1. The van der Waals surface area contributed by atoms with Gasteiger partial charge in [-0.25, -0.2) is 9.78 Å². The Balaban J connectivity index is 1.39. The molecule has 1 aromatic heterocycles. The number of benzene rings is 1. The molecule has 2 aromatic rings. The summed E-state index contributed by atoms with van der Waals surface area (Å²) in [5, 5.41) is 21.8. The van der Waals surface area contributed by atoms with Crippen LogP contribution in [-0.2, 0) is 4.74 Å². The van der Waals surface area contributed by atoms with E-state index in [2.05, 4.69) is 4.98 Å². The first-order valence-electron chi connectivity index (χ1n) is 9.23.